The number of aliphatic carboxylic acids is 1. The third kappa shape index (κ3) is 2.33. The summed E-state index contributed by atoms with van der Waals surface area (Å²) in [6.07, 6.45) is 8.55. The third-order valence-electron chi connectivity index (χ3n) is 3.98. The Bertz CT molecular complexity index is 510. The summed E-state index contributed by atoms with van der Waals surface area (Å²) in [4.78, 5) is 10.9. The zero-order valence-electron chi connectivity index (χ0n) is 10.5. The van der Waals surface area contributed by atoms with Crippen LogP contribution in [0.15, 0.2) is 24.3 Å². The van der Waals surface area contributed by atoms with Crippen molar-refractivity contribution in [1.82, 2.24) is 0 Å². The molecule has 18 heavy (non-hydrogen) atoms. The Kier molecular flexibility index (Phi) is 2.94. The van der Waals surface area contributed by atoms with Gasteiger partial charge < -0.3 is 5.11 Å². The molecule has 0 heterocycles. The predicted molar refractivity (Wildman–Crippen MR) is 71.4 cm³/mol. The summed E-state index contributed by atoms with van der Waals surface area (Å²) in [6, 6.07) is 6.53. The van der Waals surface area contributed by atoms with Gasteiger partial charge in [0.05, 0.1) is 0 Å². The Labute approximate surface area is 107 Å². The summed E-state index contributed by atoms with van der Waals surface area (Å²) < 4.78 is 0. The van der Waals surface area contributed by atoms with Crippen LogP contribution in [-0.4, -0.2) is 11.1 Å². The van der Waals surface area contributed by atoms with Crippen molar-refractivity contribution >= 4 is 11.5 Å². The Hall–Kier alpha value is -1.57. The van der Waals surface area contributed by atoms with Gasteiger partial charge in [-0.05, 0) is 66.7 Å². The molecule has 2 aliphatic carbocycles. The SMILES string of the molecule is O=C(O)/C=C(/c1ccc2c(c1)CCCC2)C1CC1. The molecule has 1 saturated carbocycles. The highest BCUT2D eigenvalue weighted by Crippen LogP contribution is 2.42. The molecule has 0 aliphatic heterocycles. The van der Waals surface area contributed by atoms with Gasteiger partial charge in [0, 0.05) is 6.08 Å². The van der Waals surface area contributed by atoms with E-state index in [1.54, 1.807) is 0 Å². The lowest BCUT2D eigenvalue weighted by Crippen LogP contribution is -2.04. The van der Waals surface area contributed by atoms with E-state index in [9.17, 15) is 4.79 Å². The van der Waals surface area contributed by atoms with Crippen LogP contribution in [0.2, 0.25) is 0 Å². The molecule has 0 radical (unpaired) electrons. The second kappa shape index (κ2) is 4.60. The van der Waals surface area contributed by atoms with Crippen molar-refractivity contribution in [1.29, 1.82) is 0 Å². The lowest BCUT2D eigenvalue weighted by molar-refractivity contribution is -0.131. The van der Waals surface area contributed by atoms with Crippen molar-refractivity contribution in [3.05, 3.63) is 41.0 Å². The quantitative estimate of drug-likeness (QED) is 0.824. The molecular formula is C16H18O2. The first-order valence-electron chi connectivity index (χ1n) is 6.81. The summed E-state index contributed by atoms with van der Waals surface area (Å²) in [7, 11) is 0. The van der Waals surface area contributed by atoms with Crippen LogP contribution in [0, 0.1) is 5.92 Å². The molecule has 1 aromatic carbocycles. The van der Waals surface area contributed by atoms with Gasteiger partial charge in [0.2, 0.25) is 0 Å². The van der Waals surface area contributed by atoms with E-state index in [2.05, 4.69) is 18.2 Å². The Morgan fingerprint density at radius 2 is 1.89 bits per heavy atom. The number of rotatable bonds is 3. The minimum Gasteiger partial charge on any atom is -0.478 e. The standard InChI is InChI=1S/C16H18O2/c17-16(18)10-15(12-6-7-12)14-8-5-11-3-1-2-4-13(11)9-14/h5,8-10,12H,1-4,6-7H2,(H,17,18)/b15-10+. The normalized spacial score (nSPS) is 19.4. The Morgan fingerprint density at radius 3 is 2.56 bits per heavy atom. The van der Waals surface area contributed by atoms with E-state index in [1.165, 1.54) is 36.5 Å². The monoisotopic (exact) mass is 242 g/mol. The van der Waals surface area contributed by atoms with Crippen LogP contribution in [0.25, 0.3) is 5.57 Å². The van der Waals surface area contributed by atoms with E-state index in [0.29, 0.717) is 5.92 Å². The molecular weight excluding hydrogens is 224 g/mol. The van der Waals surface area contributed by atoms with Gasteiger partial charge in [-0.2, -0.15) is 0 Å². The van der Waals surface area contributed by atoms with Gasteiger partial charge in [-0.1, -0.05) is 18.2 Å². The molecule has 1 aromatic rings. The molecule has 2 heteroatoms. The molecule has 0 bridgehead atoms. The summed E-state index contributed by atoms with van der Waals surface area (Å²) in [5.74, 6) is -0.350. The largest absolute Gasteiger partial charge is 0.478 e. The minimum absolute atomic E-state index is 0.475. The van der Waals surface area contributed by atoms with Crippen molar-refractivity contribution in [2.75, 3.05) is 0 Å². The average molecular weight is 242 g/mol. The van der Waals surface area contributed by atoms with Crippen LogP contribution in [0.4, 0.5) is 0 Å². The number of allylic oxidation sites excluding steroid dienone is 1. The first-order chi connectivity index (χ1) is 8.74. The predicted octanol–water partition coefficient (Wildman–Crippen LogP) is 3.44. The first-order valence-corrected chi connectivity index (χ1v) is 6.81. The summed E-state index contributed by atoms with van der Waals surface area (Å²) >= 11 is 0. The zero-order valence-corrected chi connectivity index (χ0v) is 10.5. The number of carbonyl (C=O) groups is 1. The number of fused-ring (bicyclic) bond motifs is 1. The second-order valence-corrected chi connectivity index (χ2v) is 5.40. The van der Waals surface area contributed by atoms with E-state index < -0.39 is 5.97 Å². The van der Waals surface area contributed by atoms with E-state index in [4.69, 9.17) is 5.11 Å². The van der Waals surface area contributed by atoms with Crippen molar-refractivity contribution in [3.8, 4) is 0 Å². The Morgan fingerprint density at radius 1 is 1.17 bits per heavy atom. The molecule has 0 amide bonds. The van der Waals surface area contributed by atoms with Crippen LogP contribution in [0.5, 0.6) is 0 Å². The zero-order chi connectivity index (χ0) is 12.5. The smallest absolute Gasteiger partial charge is 0.328 e. The third-order valence-corrected chi connectivity index (χ3v) is 3.98. The van der Waals surface area contributed by atoms with Crippen molar-refractivity contribution in [2.45, 2.75) is 38.5 Å². The van der Waals surface area contributed by atoms with Crippen molar-refractivity contribution < 1.29 is 9.90 Å². The molecule has 0 aromatic heterocycles. The minimum atomic E-state index is -0.824. The maximum Gasteiger partial charge on any atom is 0.328 e. The average Bonchev–Trinajstić information content (AvgIpc) is 3.19. The number of carboxylic acid groups (broad SMARTS) is 1. The molecule has 94 valence electrons. The summed E-state index contributed by atoms with van der Waals surface area (Å²) in [5, 5.41) is 8.98. The molecule has 2 aliphatic rings. The van der Waals surface area contributed by atoms with E-state index in [0.717, 1.165) is 30.4 Å². The molecule has 0 atom stereocenters. The summed E-state index contributed by atoms with van der Waals surface area (Å²) in [6.45, 7) is 0. The molecule has 3 rings (SSSR count). The second-order valence-electron chi connectivity index (χ2n) is 5.40. The molecule has 1 fully saturated rings. The lowest BCUT2D eigenvalue weighted by Gasteiger charge is -2.17. The summed E-state index contributed by atoms with van der Waals surface area (Å²) in [5.41, 5.74) is 5.03. The lowest BCUT2D eigenvalue weighted by atomic mass is 9.88. The fourth-order valence-corrected chi connectivity index (χ4v) is 2.88. The fourth-order valence-electron chi connectivity index (χ4n) is 2.88. The van der Waals surface area contributed by atoms with E-state index >= 15 is 0 Å². The first kappa shape index (κ1) is 11.5. The van der Waals surface area contributed by atoms with Gasteiger partial charge in [-0.15, -0.1) is 0 Å². The molecule has 0 unspecified atom stereocenters. The number of aryl methyl sites for hydroxylation is 2. The molecule has 0 spiro atoms. The molecule has 1 N–H and O–H groups in total. The fraction of sp³-hybridized carbons (Fsp3) is 0.438. The number of benzene rings is 1. The van der Waals surface area contributed by atoms with Crippen LogP contribution < -0.4 is 0 Å². The van der Waals surface area contributed by atoms with E-state index in [-0.39, 0.29) is 0 Å². The number of hydrogen-bond acceptors (Lipinski definition) is 1. The van der Waals surface area contributed by atoms with Gasteiger partial charge in [-0.3, -0.25) is 0 Å². The van der Waals surface area contributed by atoms with Gasteiger partial charge in [-0.25, -0.2) is 4.79 Å². The van der Waals surface area contributed by atoms with Gasteiger partial charge in [0.25, 0.3) is 0 Å². The van der Waals surface area contributed by atoms with Gasteiger partial charge >= 0.3 is 5.97 Å². The molecule has 0 saturated heterocycles. The van der Waals surface area contributed by atoms with Crippen LogP contribution >= 0.6 is 0 Å². The van der Waals surface area contributed by atoms with Crippen LogP contribution in [-0.2, 0) is 17.6 Å². The van der Waals surface area contributed by atoms with Crippen molar-refractivity contribution in [2.24, 2.45) is 5.92 Å². The maximum atomic E-state index is 10.9. The topological polar surface area (TPSA) is 37.3 Å². The number of carboxylic acids is 1. The van der Waals surface area contributed by atoms with Crippen molar-refractivity contribution in [3.63, 3.8) is 0 Å². The highest BCUT2D eigenvalue weighted by Gasteiger charge is 2.28. The van der Waals surface area contributed by atoms with Gasteiger partial charge in [0.15, 0.2) is 0 Å². The highest BCUT2D eigenvalue weighted by atomic mass is 16.4. The maximum absolute atomic E-state index is 10.9. The number of hydrogen-bond donors (Lipinski definition) is 1. The van der Waals surface area contributed by atoms with Crippen LogP contribution in [0.3, 0.4) is 0 Å². The van der Waals surface area contributed by atoms with Crippen LogP contribution in [0.1, 0.15) is 42.4 Å². The highest BCUT2D eigenvalue weighted by molar-refractivity contribution is 5.91. The van der Waals surface area contributed by atoms with Gasteiger partial charge in [0.1, 0.15) is 0 Å². The molecule has 2 nitrogen and oxygen atoms in total. The Balaban J connectivity index is 1.97. The van der Waals surface area contributed by atoms with E-state index in [1.807, 2.05) is 0 Å².